The first-order valence-electron chi connectivity index (χ1n) is 6.45. The van der Waals surface area contributed by atoms with E-state index >= 15 is 0 Å². The van der Waals surface area contributed by atoms with Gasteiger partial charge in [-0.1, -0.05) is 62.2 Å². The molecular weight excluding hydrogens is 208 g/mol. The number of aliphatic hydroxyl groups is 1. The maximum atomic E-state index is 9.91. The molecule has 1 N–H and O–H groups in total. The van der Waals surface area contributed by atoms with Gasteiger partial charge in [-0.05, 0) is 29.2 Å². The van der Waals surface area contributed by atoms with E-state index in [9.17, 15) is 5.11 Å². The van der Waals surface area contributed by atoms with E-state index in [4.69, 9.17) is 0 Å². The maximum Gasteiger partial charge on any atom is 0.0580 e. The van der Waals surface area contributed by atoms with E-state index in [0.717, 1.165) is 25.7 Å². The van der Waals surface area contributed by atoms with E-state index in [1.807, 2.05) is 0 Å². The molecule has 0 heterocycles. The monoisotopic (exact) mass is 228 g/mol. The fraction of sp³-hybridized carbons (Fsp3) is 0.375. The Morgan fingerprint density at radius 1 is 1.06 bits per heavy atom. The third-order valence-corrected chi connectivity index (χ3v) is 3.18. The summed E-state index contributed by atoms with van der Waals surface area (Å²) in [5.74, 6) is 0. The first-order chi connectivity index (χ1) is 8.29. The first-order valence-corrected chi connectivity index (χ1v) is 6.45. The van der Waals surface area contributed by atoms with Gasteiger partial charge >= 0.3 is 0 Å². The molecule has 0 aliphatic heterocycles. The van der Waals surface area contributed by atoms with E-state index in [1.165, 1.54) is 16.3 Å². The van der Waals surface area contributed by atoms with Crippen LogP contribution >= 0.6 is 0 Å². The highest BCUT2D eigenvalue weighted by molar-refractivity contribution is 5.82. The van der Waals surface area contributed by atoms with E-state index in [-0.39, 0.29) is 6.10 Å². The van der Waals surface area contributed by atoms with Crippen LogP contribution in [0.1, 0.15) is 31.7 Å². The molecule has 90 valence electrons. The summed E-state index contributed by atoms with van der Waals surface area (Å²) >= 11 is 0. The number of hydrogen-bond acceptors (Lipinski definition) is 1. The molecular formula is C16H20O. The number of aliphatic hydroxyl groups excluding tert-OH is 1. The van der Waals surface area contributed by atoms with Crippen molar-refractivity contribution in [1.82, 2.24) is 0 Å². The third-order valence-electron chi connectivity index (χ3n) is 3.18. The van der Waals surface area contributed by atoms with Crippen LogP contribution in [0.5, 0.6) is 0 Å². The molecule has 0 aromatic heterocycles. The Hall–Kier alpha value is -1.34. The Balaban J connectivity index is 2.08. The van der Waals surface area contributed by atoms with Crippen molar-refractivity contribution in [1.29, 1.82) is 0 Å². The Kier molecular flexibility index (Phi) is 4.16. The van der Waals surface area contributed by atoms with Gasteiger partial charge in [-0.3, -0.25) is 0 Å². The van der Waals surface area contributed by atoms with Crippen LogP contribution in [0.2, 0.25) is 0 Å². The number of unbranched alkanes of at least 4 members (excludes halogenated alkanes) is 1. The molecule has 0 bridgehead atoms. The minimum absolute atomic E-state index is 0.198. The van der Waals surface area contributed by atoms with Crippen LogP contribution in [0.25, 0.3) is 10.8 Å². The van der Waals surface area contributed by atoms with Gasteiger partial charge in [0, 0.05) is 0 Å². The molecule has 1 heteroatoms. The van der Waals surface area contributed by atoms with Gasteiger partial charge in [-0.25, -0.2) is 0 Å². The predicted octanol–water partition coefficient (Wildman–Crippen LogP) is 3.93. The lowest BCUT2D eigenvalue weighted by Crippen LogP contribution is -2.09. The first kappa shape index (κ1) is 12.1. The van der Waals surface area contributed by atoms with Gasteiger partial charge in [0.2, 0.25) is 0 Å². The van der Waals surface area contributed by atoms with Crippen molar-refractivity contribution < 1.29 is 5.11 Å². The summed E-state index contributed by atoms with van der Waals surface area (Å²) in [4.78, 5) is 0. The van der Waals surface area contributed by atoms with Crippen LogP contribution in [0.3, 0.4) is 0 Å². The molecule has 0 spiro atoms. The van der Waals surface area contributed by atoms with Crippen LogP contribution < -0.4 is 0 Å². The van der Waals surface area contributed by atoms with E-state index in [2.05, 4.69) is 49.4 Å². The molecule has 0 radical (unpaired) electrons. The van der Waals surface area contributed by atoms with Crippen molar-refractivity contribution in [3.8, 4) is 0 Å². The quantitative estimate of drug-likeness (QED) is 0.822. The van der Waals surface area contributed by atoms with Crippen molar-refractivity contribution >= 4 is 10.8 Å². The highest BCUT2D eigenvalue weighted by Crippen LogP contribution is 2.17. The van der Waals surface area contributed by atoms with Crippen molar-refractivity contribution in [3.63, 3.8) is 0 Å². The Morgan fingerprint density at radius 2 is 1.82 bits per heavy atom. The zero-order chi connectivity index (χ0) is 12.1. The molecule has 0 aliphatic carbocycles. The normalized spacial score (nSPS) is 12.8. The van der Waals surface area contributed by atoms with Gasteiger partial charge in [-0.15, -0.1) is 0 Å². The summed E-state index contributed by atoms with van der Waals surface area (Å²) in [6, 6.07) is 14.8. The lowest BCUT2D eigenvalue weighted by molar-refractivity contribution is 0.162. The smallest absolute Gasteiger partial charge is 0.0580 e. The second-order valence-corrected chi connectivity index (χ2v) is 4.68. The Bertz CT molecular complexity index is 476. The van der Waals surface area contributed by atoms with E-state index in [0.29, 0.717) is 0 Å². The Labute approximate surface area is 103 Å². The summed E-state index contributed by atoms with van der Waals surface area (Å²) < 4.78 is 0. The lowest BCUT2D eigenvalue weighted by Gasteiger charge is -2.10. The van der Waals surface area contributed by atoms with Crippen molar-refractivity contribution in [2.75, 3.05) is 0 Å². The van der Waals surface area contributed by atoms with E-state index < -0.39 is 0 Å². The zero-order valence-corrected chi connectivity index (χ0v) is 10.4. The van der Waals surface area contributed by atoms with Crippen LogP contribution in [0, 0.1) is 0 Å². The van der Waals surface area contributed by atoms with Gasteiger partial charge in [0.15, 0.2) is 0 Å². The molecule has 0 amide bonds. The molecule has 1 unspecified atom stereocenters. The summed E-state index contributed by atoms with van der Waals surface area (Å²) in [5.41, 5.74) is 1.23. The molecule has 1 atom stereocenters. The summed E-state index contributed by atoms with van der Waals surface area (Å²) in [7, 11) is 0. The largest absolute Gasteiger partial charge is 0.393 e. The van der Waals surface area contributed by atoms with Crippen molar-refractivity contribution in [2.24, 2.45) is 0 Å². The standard InChI is InChI=1S/C16H20O/c1-2-3-8-16(17)12-13-9-10-14-6-4-5-7-15(14)11-13/h4-7,9-11,16-17H,2-3,8,12H2,1H3. The summed E-state index contributed by atoms with van der Waals surface area (Å²) in [6.07, 6.45) is 3.73. The van der Waals surface area contributed by atoms with Gasteiger partial charge in [-0.2, -0.15) is 0 Å². The minimum Gasteiger partial charge on any atom is -0.393 e. The van der Waals surface area contributed by atoms with E-state index in [1.54, 1.807) is 0 Å². The van der Waals surface area contributed by atoms with Crippen LogP contribution in [-0.2, 0) is 6.42 Å². The zero-order valence-electron chi connectivity index (χ0n) is 10.4. The molecule has 0 fully saturated rings. The van der Waals surface area contributed by atoms with Gasteiger partial charge in [0.1, 0.15) is 0 Å². The molecule has 2 rings (SSSR count). The SMILES string of the molecule is CCCCC(O)Cc1ccc2ccccc2c1. The average Bonchev–Trinajstić information content (AvgIpc) is 2.36. The van der Waals surface area contributed by atoms with Gasteiger partial charge in [0.05, 0.1) is 6.10 Å². The lowest BCUT2D eigenvalue weighted by atomic mass is 10.0. The number of benzene rings is 2. The summed E-state index contributed by atoms with van der Waals surface area (Å²) in [5, 5.41) is 12.4. The molecule has 1 nitrogen and oxygen atoms in total. The molecule has 0 saturated heterocycles. The third kappa shape index (κ3) is 3.31. The molecule has 0 saturated carbocycles. The molecule has 17 heavy (non-hydrogen) atoms. The molecule has 2 aromatic carbocycles. The fourth-order valence-electron chi connectivity index (χ4n) is 2.18. The average molecular weight is 228 g/mol. The van der Waals surface area contributed by atoms with Crippen LogP contribution in [0.15, 0.2) is 42.5 Å². The Morgan fingerprint density at radius 3 is 2.59 bits per heavy atom. The number of fused-ring (bicyclic) bond motifs is 1. The molecule has 0 aliphatic rings. The van der Waals surface area contributed by atoms with Gasteiger partial charge in [0.25, 0.3) is 0 Å². The second-order valence-electron chi connectivity index (χ2n) is 4.68. The van der Waals surface area contributed by atoms with Crippen LogP contribution in [0.4, 0.5) is 0 Å². The second kappa shape index (κ2) is 5.83. The van der Waals surface area contributed by atoms with Crippen molar-refractivity contribution in [2.45, 2.75) is 38.7 Å². The van der Waals surface area contributed by atoms with Gasteiger partial charge < -0.3 is 5.11 Å². The summed E-state index contributed by atoms with van der Waals surface area (Å²) in [6.45, 7) is 2.16. The molecule has 2 aromatic rings. The minimum atomic E-state index is -0.198. The highest BCUT2D eigenvalue weighted by Gasteiger charge is 2.05. The van der Waals surface area contributed by atoms with Crippen molar-refractivity contribution in [3.05, 3.63) is 48.0 Å². The fourth-order valence-corrected chi connectivity index (χ4v) is 2.18. The highest BCUT2D eigenvalue weighted by atomic mass is 16.3. The number of hydrogen-bond donors (Lipinski definition) is 1. The van der Waals surface area contributed by atoms with Crippen LogP contribution in [-0.4, -0.2) is 11.2 Å². The topological polar surface area (TPSA) is 20.2 Å². The maximum absolute atomic E-state index is 9.91. The number of rotatable bonds is 5. The predicted molar refractivity (Wildman–Crippen MR) is 73.2 cm³/mol.